The van der Waals surface area contributed by atoms with E-state index in [4.69, 9.17) is 5.11 Å². The number of carbonyl (C=O) groups is 2. The fourth-order valence-corrected chi connectivity index (χ4v) is 2.16. The van der Waals surface area contributed by atoms with Gasteiger partial charge in [-0.3, -0.25) is 0 Å². The quantitative estimate of drug-likeness (QED) is 0.111. The van der Waals surface area contributed by atoms with Gasteiger partial charge < -0.3 is 19.1 Å². The van der Waals surface area contributed by atoms with Gasteiger partial charge in [0.2, 0.25) is 0 Å². The zero-order valence-electron chi connectivity index (χ0n) is 15.0. The molecule has 0 spiro atoms. The molecule has 1 N–H and O–H groups in total. The average Bonchev–Trinajstić information content (AvgIpc) is 2.56. The molecule has 0 saturated carbocycles. The van der Waals surface area contributed by atoms with E-state index in [1.807, 2.05) is 0 Å². The Morgan fingerprint density at radius 1 is 0.938 bits per heavy atom. The molecule has 0 aromatic rings. The second kappa shape index (κ2) is 9.38. The van der Waals surface area contributed by atoms with Gasteiger partial charge in [-0.15, -0.1) is 0 Å². The molecule has 0 saturated heterocycles. The number of halogens is 10. The van der Waals surface area contributed by atoms with Crippen molar-refractivity contribution in [2.24, 2.45) is 0 Å². The summed E-state index contributed by atoms with van der Waals surface area (Å²) in [5.74, 6) is -16.7. The van der Waals surface area contributed by atoms with Gasteiger partial charge in [0.15, 0.2) is 10.1 Å². The van der Waals surface area contributed by atoms with Crippen molar-refractivity contribution in [2.45, 2.75) is 48.6 Å². The Morgan fingerprint density at radius 3 is 1.75 bits per heavy atom. The molecular weight excluding hydrogens is 506 g/mol. The molecule has 0 aliphatic rings. The first-order chi connectivity index (χ1) is 13.9. The number of unbranched alkanes of at least 4 members (excludes halogenated alkanes) is 1. The summed E-state index contributed by atoms with van der Waals surface area (Å²) in [6.45, 7) is 0.465. The summed E-state index contributed by atoms with van der Waals surface area (Å²) in [7, 11) is -6.84. The van der Waals surface area contributed by atoms with Crippen molar-refractivity contribution >= 4 is 22.1 Å². The summed E-state index contributed by atoms with van der Waals surface area (Å²) in [6.07, 6.45) is -16.4. The summed E-state index contributed by atoms with van der Waals surface area (Å²) in [4.78, 5) is 22.2. The molecule has 188 valence electrons. The molecule has 0 fully saturated rings. The molecule has 8 nitrogen and oxygen atoms in total. The number of ether oxygens (including phenoxy) is 2. The van der Waals surface area contributed by atoms with Crippen molar-refractivity contribution in [2.75, 3.05) is 6.61 Å². The highest BCUT2D eigenvalue weighted by atomic mass is 32.2. The van der Waals surface area contributed by atoms with Gasteiger partial charge >= 0.3 is 41.3 Å². The molecule has 1 unspecified atom stereocenters. The van der Waals surface area contributed by atoms with E-state index < -0.39 is 82.8 Å². The van der Waals surface area contributed by atoms with Crippen LogP contribution in [0.1, 0.15) is 19.3 Å². The Balaban J connectivity index is 5.43. The Labute approximate surface area is 171 Å². The van der Waals surface area contributed by atoms with Crippen LogP contribution in [0.2, 0.25) is 0 Å². The third kappa shape index (κ3) is 6.44. The number of carbonyl (C=O) groups excluding carboxylic acids is 1. The molecule has 0 radical (unpaired) electrons. The van der Waals surface area contributed by atoms with E-state index in [0.717, 1.165) is 0 Å². The number of rotatable bonds is 11. The third-order valence-electron chi connectivity index (χ3n) is 3.41. The monoisotopic (exact) mass is 517 g/mol. The maximum Gasteiger partial charge on any atom is 0.468 e. The van der Waals surface area contributed by atoms with Gasteiger partial charge in [-0.05, 0) is 12.8 Å². The fourth-order valence-electron chi connectivity index (χ4n) is 1.70. The fraction of sp³-hybridized carbons (Fsp3) is 0.692. The molecule has 0 amide bonds. The normalized spacial score (nSPS) is 15.7. The lowest BCUT2D eigenvalue weighted by Crippen LogP contribution is -2.58. The molecule has 0 aliphatic carbocycles. The molecule has 0 rings (SSSR count). The standard InChI is InChI=1S/C13H12F10O8S/c1-6(11(16,17)18)7(24)31-10(8(25)26,12(19,20)21)30-5-3-2-4-9(14,15)13(22,23)32(27,28)29/h1-5H2,(H,25,26)(H,27,28,29)/p-1. The lowest BCUT2D eigenvalue weighted by molar-refractivity contribution is -0.354. The van der Waals surface area contributed by atoms with E-state index in [-0.39, 0.29) is 0 Å². The van der Waals surface area contributed by atoms with E-state index >= 15 is 0 Å². The smallest absolute Gasteiger partial charge is 0.468 e. The molecule has 32 heavy (non-hydrogen) atoms. The third-order valence-corrected chi connectivity index (χ3v) is 4.34. The number of carboxylic acid groups (broad SMARTS) is 1. The van der Waals surface area contributed by atoms with E-state index in [1.54, 1.807) is 0 Å². The van der Waals surface area contributed by atoms with Crippen molar-refractivity contribution in [1.82, 2.24) is 0 Å². The summed E-state index contributed by atoms with van der Waals surface area (Å²) in [5.41, 5.74) is -2.56. The second-order valence-corrected chi connectivity index (χ2v) is 7.19. The van der Waals surface area contributed by atoms with Gasteiger partial charge in [0.25, 0.3) is 0 Å². The van der Waals surface area contributed by atoms with Gasteiger partial charge in [-0.2, -0.15) is 43.9 Å². The summed E-state index contributed by atoms with van der Waals surface area (Å²) < 4.78 is 166. The molecule has 19 heteroatoms. The van der Waals surface area contributed by atoms with Crippen molar-refractivity contribution in [3.05, 3.63) is 12.2 Å². The zero-order chi connectivity index (χ0) is 26.0. The van der Waals surface area contributed by atoms with Crippen molar-refractivity contribution in [3.8, 4) is 0 Å². The maximum atomic E-state index is 13.2. The van der Waals surface area contributed by atoms with Crippen LogP contribution in [0.5, 0.6) is 0 Å². The van der Waals surface area contributed by atoms with E-state index in [1.165, 1.54) is 0 Å². The molecule has 0 heterocycles. The van der Waals surface area contributed by atoms with Gasteiger partial charge in [-0.1, -0.05) is 6.58 Å². The Morgan fingerprint density at radius 2 is 1.41 bits per heavy atom. The van der Waals surface area contributed by atoms with Gasteiger partial charge in [0.1, 0.15) is 5.57 Å². The van der Waals surface area contributed by atoms with Crippen LogP contribution in [0, 0.1) is 0 Å². The largest absolute Gasteiger partial charge is 0.743 e. The van der Waals surface area contributed by atoms with Gasteiger partial charge in [-0.25, -0.2) is 18.0 Å². The number of esters is 1. The lowest BCUT2D eigenvalue weighted by Gasteiger charge is -2.31. The summed E-state index contributed by atoms with van der Waals surface area (Å²) in [6, 6.07) is 0. The second-order valence-electron chi connectivity index (χ2n) is 5.77. The molecule has 0 aliphatic heterocycles. The van der Waals surface area contributed by atoms with Crippen LogP contribution in [-0.2, 0) is 29.2 Å². The van der Waals surface area contributed by atoms with Gasteiger partial charge in [0.05, 0.1) is 6.61 Å². The number of carboxylic acids is 1. The van der Waals surface area contributed by atoms with Crippen LogP contribution < -0.4 is 0 Å². The molecule has 1 atom stereocenters. The van der Waals surface area contributed by atoms with Crippen LogP contribution in [0.15, 0.2) is 12.2 Å². The number of alkyl halides is 10. The predicted octanol–water partition coefficient (Wildman–Crippen LogP) is 2.95. The van der Waals surface area contributed by atoms with Crippen molar-refractivity contribution in [3.63, 3.8) is 0 Å². The first-order valence-electron chi connectivity index (χ1n) is 7.58. The summed E-state index contributed by atoms with van der Waals surface area (Å²) in [5, 5.41) is 2.63. The van der Waals surface area contributed by atoms with Crippen LogP contribution in [0.4, 0.5) is 43.9 Å². The molecule has 0 aromatic carbocycles. The highest BCUT2D eigenvalue weighted by Crippen LogP contribution is 2.42. The Kier molecular flexibility index (Phi) is 8.75. The molecule has 0 bridgehead atoms. The minimum Gasteiger partial charge on any atom is -0.743 e. The van der Waals surface area contributed by atoms with Crippen molar-refractivity contribution in [1.29, 1.82) is 0 Å². The van der Waals surface area contributed by atoms with Crippen LogP contribution in [0.25, 0.3) is 0 Å². The maximum absolute atomic E-state index is 13.2. The highest BCUT2D eigenvalue weighted by molar-refractivity contribution is 7.86. The molecular formula is C13H11F10O8S-. The van der Waals surface area contributed by atoms with Crippen LogP contribution in [0.3, 0.4) is 0 Å². The zero-order valence-corrected chi connectivity index (χ0v) is 15.8. The van der Waals surface area contributed by atoms with Gasteiger partial charge in [0, 0.05) is 6.42 Å². The number of hydrogen-bond donors (Lipinski definition) is 1. The molecule has 0 aromatic heterocycles. The van der Waals surface area contributed by atoms with E-state index in [0.29, 0.717) is 0 Å². The number of aliphatic carboxylic acids is 1. The predicted molar refractivity (Wildman–Crippen MR) is 77.1 cm³/mol. The topological polar surface area (TPSA) is 130 Å². The Bertz CT molecular complexity index is 833. The van der Waals surface area contributed by atoms with Crippen LogP contribution in [-0.4, -0.2) is 65.9 Å². The average molecular weight is 517 g/mol. The minimum atomic E-state index is -6.84. The Hall–Kier alpha value is -2.15. The number of hydrogen-bond acceptors (Lipinski definition) is 7. The van der Waals surface area contributed by atoms with E-state index in [9.17, 15) is 66.5 Å². The minimum absolute atomic E-state index is 1.16. The highest BCUT2D eigenvalue weighted by Gasteiger charge is 2.67. The lowest BCUT2D eigenvalue weighted by atomic mass is 10.1. The summed E-state index contributed by atoms with van der Waals surface area (Å²) >= 11 is 0. The first kappa shape index (κ1) is 29.9. The SMILES string of the molecule is C=C(C(=O)OC(OCCCCC(F)(F)C(F)(F)S(=O)(=O)[O-])(C(=O)O)C(F)(F)F)C(F)(F)F. The first-order valence-corrected chi connectivity index (χ1v) is 8.99. The van der Waals surface area contributed by atoms with E-state index in [2.05, 4.69) is 16.1 Å². The van der Waals surface area contributed by atoms with Crippen molar-refractivity contribution < 1.29 is 81.0 Å². The van der Waals surface area contributed by atoms with Crippen LogP contribution >= 0.6 is 0 Å².